The summed E-state index contributed by atoms with van der Waals surface area (Å²) in [6.07, 6.45) is 1.56. The second-order valence-corrected chi connectivity index (χ2v) is 7.18. The van der Waals surface area contributed by atoms with E-state index in [-0.39, 0.29) is 22.0 Å². The van der Waals surface area contributed by atoms with Gasteiger partial charge in [0.1, 0.15) is 11.6 Å². The molecule has 3 rings (SSSR count). The summed E-state index contributed by atoms with van der Waals surface area (Å²) in [6.45, 7) is 0.0688. The molecule has 0 unspecified atom stereocenters. The first-order chi connectivity index (χ1) is 13.4. The van der Waals surface area contributed by atoms with E-state index in [0.717, 1.165) is 17.8 Å². The van der Waals surface area contributed by atoms with Crippen molar-refractivity contribution in [3.63, 3.8) is 0 Å². The van der Waals surface area contributed by atoms with Gasteiger partial charge in [-0.2, -0.15) is 0 Å². The summed E-state index contributed by atoms with van der Waals surface area (Å²) >= 11 is 6.51. The quantitative estimate of drug-likeness (QED) is 0.720. The van der Waals surface area contributed by atoms with Gasteiger partial charge in [0.2, 0.25) is 0 Å². The van der Waals surface area contributed by atoms with Gasteiger partial charge in [0.25, 0.3) is 17.1 Å². The van der Waals surface area contributed by atoms with E-state index in [2.05, 4.69) is 10.6 Å². The highest BCUT2D eigenvalue weighted by Gasteiger charge is 2.25. The Balaban J connectivity index is 1.79. The number of amides is 3. The summed E-state index contributed by atoms with van der Waals surface area (Å²) in [5.74, 6) is -1.27. The molecule has 1 aliphatic rings. The lowest BCUT2D eigenvalue weighted by molar-refractivity contribution is -0.115. The molecule has 3 amide bonds. The van der Waals surface area contributed by atoms with Crippen LogP contribution in [-0.2, 0) is 11.3 Å². The minimum absolute atomic E-state index is 0.0688. The lowest BCUT2D eigenvalue weighted by atomic mass is 10.1. The van der Waals surface area contributed by atoms with Crippen LogP contribution >= 0.6 is 23.4 Å². The number of hydrogen-bond acceptors (Lipinski definition) is 5. The van der Waals surface area contributed by atoms with Crippen molar-refractivity contribution in [3.8, 4) is 5.75 Å². The number of rotatable bonds is 5. The molecule has 1 aliphatic heterocycles. The molecule has 28 heavy (non-hydrogen) atoms. The number of hydrogen-bond donors (Lipinski definition) is 2. The Kier molecular flexibility index (Phi) is 6.01. The van der Waals surface area contributed by atoms with Crippen LogP contribution in [0.1, 0.15) is 21.5 Å². The summed E-state index contributed by atoms with van der Waals surface area (Å²) < 4.78 is 19.2. The lowest BCUT2D eigenvalue weighted by Gasteiger charge is -2.11. The van der Waals surface area contributed by atoms with Gasteiger partial charge in [-0.05, 0) is 53.7 Å². The summed E-state index contributed by atoms with van der Waals surface area (Å²) in [5, 5.41) is 4.58. The van der Waals surface area contributed by atoms with Gasteiger partial charge >= 0.3 is 0 Å². The molecule has 1 heterocycles. The molecular formula is C19H14ClFN2O4S. The Morgan fingerprint density at radius 1 is 1.29 bits per heavy atom. The number of ether oxygens (including phenoxy) is 1. The van der Waals surface area contributed by atoms with Crippen LogP contribution in [0.5, 0.6) is 5.75 Å². The second-order valence-electron chi connectivity index (χ2n) is 5.73. The Bertz CT molecular complexity index is 1010. The van der Waals surface area contributed by atoms with Crippen LogP contribution in [0.4, 0.5) is 9.18 Å². The molecule has 0 atom stereocenters. The molecule has 2 N–H and O–H groups in total. The number of methoxy groups -OCH3 is 1. The molecule has 2 aromatic carbocycles. The highest BCUT2D eigenvalue weighted by atomic mass is 35.5. The lowest BCUT2D eigenvalue weighted by Crippen LogP contribution is -2.24. The zero-order chi connectivity index (χ0) is 20.3. The number of thioether (sulfide) groups is 1. The number of nitrogens with one attached hydrogen (secondary N) is 2. The molecule has 0 aliphatic carbocycles. The average molecular weight is 421 g/mol. The van der Waals surface area contributed by atoms with Crippen LogP contribution in [-0.4, -0.2) is 24.2 Å². The predicted molar refractivity (Wildman–Crippen MR) is 105 cm³/mol. The monoisotopic (exact) mass is 420 g/mol. The summed E-state index contributed by atoms with van der Waals surface area (Å²) in [4.78, 5) is 35.5. The van der Waals surface area contributed by atoms with Crippen molar-refractivity contribution in [1.82, 2.24) is 10.6 Å². The van der Waals surface area contributed by atoms with E-state index < -0.39 is 22.9 Å². The van der Waals surface area contributed by atoms with Crippen molar-refractivity contribution in [2.75, 3.05) is 7.11 Å². The maximum Gasteiger partial charge on any atom is 0.290 e. The Morgan fingerprint density at radius 3 is 2.71 bits per heavy atom. The molecular weight excluding hydrogens is 407 g/mol. The van der Waals surface area contributed by atoms with Crippen molar-refractivity contribution in [2.45, 2.75) is 6.54 Å². The smallest absolute Gasteiger partial charge is 0.290 e. The molecule has 1 saturated heterocycles. The number of carbonyl (C=O) groups excluding carboxylic acids is 3. The van der Waals surface area contributed by atoms with Gasteiger partial charge in [-0.1, -0.05) is 17.7 Å². The largest absolute Gasteiger partial charge is 0.496 e. The summed E-state index contributed by atoms with van der Waals surface area (Å²) in [7, 11) is 1.48. The molecule has 0 saturated carbocycles. The average Bonchev–Trinajstić information content (AvgIpc) is 2.96. The maximum absolute atomic E-state index is 13.9. The minimum Gasteiger partial charge on any atom is -0.496 e. The minimum atomic E-state index is -0.718. The Labute approximate surface area is 169 Å². The number of imide groups is 1. The second kappa shape index (κ2) is 8.45. The van der Waals surface area contributed by atoms with Gasteiger partial charge in [0.15, 0.2) is 0 Å². The number of halogens is 2. The first kappa shape index (κ1) is 19.9. The van der Waals surface area contributed by atoms with E-state index in [1.54, 1.807) is 24.3 Å². The SMILES string of the molecule is COc1ccc(C=C2SC(=O)NC2=O)cc1CNC(=O)c1ccc(Cl)cc1F. The van der Waals surface area contributed by atoms with Crippen molar-refractivity contribution in [2.24, 2.45) is 0 Å². The fourth-order valence-corrected chi connectivity index (χ4v) is 3.38. The van der Waals surface area contributed by atoms with E-state index in [1.807, 2.05) is 0 Å². The molecule has 9 heteroatoms. The van der Waals surface area contributed by atoms with Gasteiger partial charge in [0.05, 0.1) is 17.6 Å². The van der Waals surface area contributed by atoms with Crippen molar-refractivity contribution in [1.29, 1.82) is 0 Å². The molecule has 0 radical (unpaired) electrons. The third kappa shape index (κ3) is 4.52. The van der Waals surface area contributed by atoms with Gasteiger partial charge in [-0.25, -0.2) is 4.39 Å². The molecule has 2 aromatic rings. The normalized spacial score (nSPS) is 14.9. The van der Waals surface area contributed by atoms with Crippen LogP contribution in [0.2, 0.25) is 5.02 Å². The zero-order valence-corrected chi connectivity index (χ0v) is 16.1. The predicted octanol–water partition coefficient (Wildman–Crippen LogP) is 3.74. The highest BCUT2D eigenvalue weighted by Crippen LogP contribution is 2.27. The van der Waals surface area contributed by atoms with Crippen LogP contribution in [0, 0.1) is 5.82 Å². The number of carbonyl (C=O) groups is 3. The molecule has 6 nitrogen and oxygen atoms in total. The first-order valence-electron chi connectivity index (χ1n) is 8.02. The van der Waals surface area contributed by atoms with Gasteiger partial charge in [-0.3, -0.25) is 19.7 Å². The fourth-order valence-electron chi connectivity index (χ4n) is 2.54. The maximum atomic E-state index is 13.9. The third-order valence-electron chi connectivity index (χ3n) is 3.86. The zero-order valence-electron chi connectivity index (χ0n) is 14.5. The van der Waals surface area contributed by atoms with E-state index >= 15 is 0 Å². The van der Waals surface area contributed by atoms with Crippen molar-refractivity contribution in [3.05, 3.63) is 68.8 Å². The van der Waals surface area contributed by atoms with E-state index in [1.165, 1.54) is 19.2 Å². The van der Waals surface area contributed by atoms with Gasteiger partial charge < -0.3 is 10.1 Å². The summed E-state index contributed by atoms with van der Waals surface area (Å²) in [5.41, 5.74) is 1.14. The molecule has 0 aromatic heterocycles. The molecule has 0 bridgehead atoms. The Hall–Kier alpha value is -2.84. The van der Waals surface area contributed by atoms with Crippen molar-refractivity contribution >= 4 is 46.5 Å². The highest BCUT2D eigenvalue weighted by molar-refractivity contribution is 8.18. The molecule has 1 fully saturated rings. The third-order valence-corrected chi connectivity index (χ3v) is 4.91. The summed E-state index contributed by atoms with van der Waals surface area (Å²) in [6, 6.07) is 8.90. The van der Waals surface area contributed by atoms with Crippen LogP contribution < -0.4 is 15.4 Å². The fraction of sp³-hybridized carbons (Fsp3) is 0.105. The van der Waals surface area contributed by atoms with Crippen LogP contribution in [0.15, 0.2) is 41.3 Å². The standard InChI is InChI=1S/C19H14ClFN2O4S/c1-27-15-5-2-10(7-16-18(25)23-19(26)28-16)6-11(15)9-22-17(24)13-4-3-12(20)8-14(13)21/h2-8H,9H2,1H3,(H,22,24)(H,23,25,26). The van der Waals surface area contributed by atoms with E-state index in [9.17, 15) is 18.8 Å². The van der Waals surface area contributed by atoms with Crippen LogP contribution in [0.3, 0.4) is 0 Å². The number of benzene rings is 2. The Morgan fingerprint density at radius 2 is 2.07 bits per heavy atom. The topological polar surface area (TPSA) is 84.5 Å². The molecule has 144 valence electrons. The first-order valence-corrected chi connectivity index (χ1v) is 9.22. The van der Waals surface area contributed by atoms with E-state index in [0.29, 0.717) is 16.9 Å². The molecule has 0 spiro atoms. The van der Waals surface area contributed by atoms with Crippen molar-refractivity contribution < 1.29 is 23.5 Å². The van der Waals surface area contributed by atoms with E-state index in [4.69, 9.17) is 16.3 Å². The van der Waals surface area contributed by atoms with Crippen LogP contribution in [0.25, 0.3) is 6.08 Å². The van der Waals surface area contributed by atoms with Gasteiger partial charge in [0, 0.05) is 17.1 Å². The van der Waals surface area contributed by atoms with Gasteiger partial charge in [-0.15, -0.1) is 0 Å².